The largest absolute Gasteiger partial charge is 0.355 e. The maximum absolute atomic E-state index is 12.1. The normalized spacial score (nSPS) is 16.0. The van der Waals surface area contributed by atoms with Crippen molar-refractivity contribution >= 4 is 17.2 Å². The van der Waals surface area contributed by atoms with Gasteiger partial charge in [-0.25, -0.2) is 0 Å². The standard InChI is InChI=1S/C20H27N3OS/c1-17-5-2-3-6-18(17)15-22-10-12-23(13-11-22)16-20(24)21-9-8-19-7-4-14-25-19/h2-7,14H,8-13,15-16H2,1H3,(H,21,24). The van der Waals surface area contributed by atoms with Crippen molar-refractivity contribution < 1.29 is 4.79 Å². The number of carbonyl (C=O) groups excluding carboxylic acids is 1. The highest BCUT2D eigenvalue weighted by atomic mass is 32.1. The molecule has 0 aliphatic carbocycles. The number of nitrogens with one attached hydrogen (secondary N) is 1. The first-order valence-corrected chi connectivity index (χ1v) is 9.87. The Balaban J connectivity index is 1.34. The van der Waals surface area contributed by atoms with E-state index in [1.54, 1.807) is 11.3 Å². The van der Waals surface area contributed by atoms with Crippen LogP contribution in [0.2, 0.25) is 0 Å². The van der Waals surface area contributed by atoms with Crippen LogP contribution in [0, 0.1) is 6.92 Å². The molecule has 0 radical (unpaired) electrons. The monoisotopic (exact) mass is 357 g/mol. The van der Waals surface area contributed by atoms with Crippen LogP contribution in [0.15, 0.2) is 41.8 Å². The molecule has 1 amide bonds. The maximum atomic E-state index is 12.1. The zero-order chi connectivity index (χ0) is 17.5. The minimum Gasteiger partial charge on any atom is -0.355 e. The first kappa shape index (κ1) is 18.1. The average Bonchev–Trinajstić information content (AvgIpc) is 3.12. The second kappa shape index (κ2) is 9.13. The number of nitrogens with zero attached hydrogens (tertiary/aromatic N) is 2. The third-order valence-electron chi connectivity index (χ3n) is 4.76. The number of piperazine rings is 1. The van der Waals surface area contributed by atoms with Gasteiger partial charge >= 0.3 is 0 Å². The Bertz CT molecular complexity index is 663. The van der Waals surface area contributed by atoms with Crippen molar-refractivity contribution in [2.45, 2.75) is 19.9 Å². The SMILES string of the molecule is Cc1ccccc1CN1CCN(CC(=O)NCCc2cccs2)CC1. The molecule has 1 saturated heterocycles. The number of hydrogen-bond acceptors (Lipinski definition) is 4. The molecule has 1 aliphatic heterocycles. The molecule has 25 heavy (non-hydrogen) atoms. The molecule has 2 heterocycles. The molecule has 1 aromatic carbocycles. The van der Waals surface area contributed by atoms with Crippen molar-refractivity contribution in [3.05, 3.63) is 57.8 Å². The molecule has 0 saturated carbocycles. The Morgan fingerprint density at radius 3 is 2.56 bits per heavy atom. The first-order chi connectivity index (χ1) is 12.2. The van der Waals surface area contributed by atoms with E-state index in [0.717, 1.165) is 45.7 Å². The number of carbonyl (C=O) groups is 1. The highest BCUT2D eigenvalue weighted by Crippen LogP contribution is 2.12. The zero-order valence-electron chi connectivity index (χ0n) is 14.9. The van der Waals surface area contributed by atoms with E-state index in [9.17, 15) is 4.79 Å². The molecule has 0 atom stereocenters. The quantitative estimate of drug-likeness (QED) is 0.827. The van der Waals surface area contributed by atoms with Crippen LogP contribution in [0.4, 0.5) is 0 Å². The minimum atomic E-state index is 0.143. The predicted octanol–water partition coefficient (Wildman–Crippen LogP) is 2.53. The van der Waals surface area contributed by atoms with Gasteiger partial charge in [-0.15, -0.1) is 11.3 Å². The minimum absolute atomic E-state index is 0.143. The molecule has 134 valence electrons. The van der Waals surface area contributed by atoms with E-state index >= 15 is 0 Å². The van der Waals surface area contributed by atoms with Crippen LogP contribution in [0.5, 0.6) is 0 Å². The number of aryl methyl sites for hydroxylation is 1. The number of hydrogen-bond donors (Lipinski definition) is 1. The number of amides is 1. The Labute approximate surface area is 154 Å². The summed E-state index contributed by atoms with van der Waals surface area (Å²) in [4.78, 5) is 18.2. The molecule has 0 unspecified atom stereocenters. The third kappa shape index (κ3) is 5.66. The van der Waals surface area contributed by atoms with Crippen LogP contribution in [0.25, 0.3) is 0 Å². The second-order valence-electron chi connectivity index (χ2n) is 6.66. The van der Waals surface area contributed by atoms with Crippen molar-refractivity contribution in [1.29, 1.82) is 0 Å². The molecule has 1 N–H and O–H groups in total. The van der Waals surface area contributed by atoms with Gasteiger partial charge in [-0.1, -0.05) is 30.3 Å². The van der Waals surface area contributed by atoms with Gasteiger partial charge in [-0.2, -0.15) is 0 Å². The van der Waals surface area contributed by atoms with Crippen LogP contribution in [0.1, 0.15) is 16.0 Å². The van der Waals surface area contributed by atoms with Gasteiger partial charge in [0, 0.05) is 44.1 Å². The van der Waals surface area contributed by atoms with E-state index in [4.69, 9.17) is 0 Å². The molecular weight excluding hydrogens is 330 g/mol. The van der Waals surface area contributed by atoms with E-state index < -0.39 is 0 Å². The lowest BCUT2D eigenvalue weighted by Gasteiger charge is -2.34. The summed E-state index contributed by atoms with van der Waals surface area (Å²) in [5, 5.41) is 5.12. The van der Waals surface area contributed by atoms with Gasteiger partial charge < -0.3 is 5.32 Å². The molecule has 1 aromatic heterocycles. The fourth-order valence-corrected chi connectivity index (χ4v) is 3.88. The summed E-state index contributed by atoms with van der Waals surface area (Å²) in [6.07, 6.45) is 0.924. The van der Waals surface area contributed by atoms with Gasteiger partial charge in [0.15, 0.2) is 0 Å². The number of thiophene rings is 1. The Hall–Kier alpha value is -1.69. The van der Waals surface area contributed by atoms with Gasteiger partial charge in [0.1, 0.15) is 0 Å². The van der Waals surface area contributed by atoms with Gasteiger partial charge in [0.2, 0.25) is 5.91 Å². The van der Waals surface area contributed by atoms with E-state index in [2.05, 4.69) is 63.8 Å². The van der Waals surface area contributed by atoms with Crippen molar-refractivity contribution in [1.82, 2.24) is 15.1 Å². The van der Waals surface area contributed by atoms with Crippen LogP contribution >= 0.6 is 11.3 Å². The Morgan fingerprint density at radius 1 is 1.08 bits per heavy atom. The van der Waals surface area contributed by atoms with Crippen molar-refractivity contribution in [2.75, 3.05) is 39.3 Å². The predicted molar refractivity (Wildman–Crippen MR) is 104 cm³/mol. The van der Waals surface area contributed by atoms with Crippen molar-refractivity contribution in [3.8, 4) is 0 Å². The molecular formula is C20H27N3OS. The van der Waals surface area contributed by atoms with E-state index in [1.807, 2.05) is 0 Å². The van der Waals surface area contributed by atoms with Gasteiger partial charge in [0.25, 0.3) is 0 Å². The summed E-state index contributed by atoms with van der Waals surface area (Å²) >= 11 is 1.74. The lowest BCUT2D eigenvalue weighted by Crippen LogP contribution is -2.49. The zero-order valence-corrected chi connectivity index (χ0v) is 15.7. The molecule has 0 bridgehead atoms. The first-order valence-electron chi connectivity index (χ1n) is 8.99. The highest BCUT2D eigenvalue weighted by Gasteiger charge is 2.19. The number of rotatable bonds is 7. The Kier molecular flexibility index (Phi) is 6.62. The molecule has 4 nitrogen and oxygen atoms in total. The van der Waals surface area contributed by atoms with Crippen LogP contribution in [0.3, 0.4) is 0 Å². The summed E-state index contributed by atoms with van der Waals surface area (Å²) < 4.78 is 0. The summed E-state index contributed by atoms with van der Waals surface area (Å²) in [7, 11) is 0. The van der Waals surface area contributed by atoms with Gasteiger partial charge in [-0.3, -0.25) is 14.6 Å². The molecule has 1 fully saturated rings. The smallest absolute Gasteiger partial charge is 0.234 e. The summed E-state index contributed by atoms with van der Waals surface area (Å²) in [6, 6.07) is 12.8. The maximum Gasteiger partial charge on any atom is 0.234 e. The van der Waals surface area contributed by atoms with Crippen molar-refractivity contribution in [3.63, 3.8) is 0 Å². The van der Waals surface area contributed by atoms with Gasteiger partial charge in [-0.05, 0) is 35.9 Å². The fourth-order valence-electron chi connectivity index (χ4n) is 3.17. The summed E-state index contributed by atoms with van der Waals surface area (Å²) in [5.74, 6) is 0.143. The molecule has 0 spiro atoms. The Morgan fingerprint density at radius 2 is 1.84 bits per heavy atom. The van der Waals surface area contributed by atoms with Crippen molar-refractivity contribution in [2.24, 2.45) is 0 Å². The molecule has 1 aliphatic rings. The lowest BCUT2D eigenvalue weighted by molar-refractivity contribution is -0.122. The fraction of sp³-hybridized carbons (Fsp3) is 0.450. The van der Waals surface area contributed by atoms with E-state index in [0.29, 0.717) is 6.54 Å². The highest BCUT2D eigenvalue weighted by molar-refractivity contribution is 7.09. The molecule has 3 rings (SSSR count). The van der Waals surface area contributed by atoms with Crippen LogP contribution < -0.4 is 5.32 Å². The van der Waals surface area contributed by atoms with E-state index in [1.165, 1.54) is 16.0 Å². The van der Waals surface area contributed by atoms with Crippen LogP contribution in [-0.2, 0) is 17.8 Å². The second-order valence-corrected chi connectivity index (χ2v) is 7.69. The van der Waals surface area contributed by atoms with Crippen LogP contribution in [-0.4, -0.2) is 55.0 Å². The van der Waals surface area contributed by atoms with E-state index in [-0.39, 0.29) is 5.91 Å². The summed E-state index contributed by atoms with van der Waals surface area (Å²) in [5.41, 5.74) is 2.76. The summed E-state index contributed by atoms with van der Waals surface area (Å²) in [6.45, 7) is 8.40. The topological polar surface area (TPSA) is 35.6 Å². The van der Waals surface area contributed by atoms with Gasteiger partial charge in [0.05, 0.1) is 6.54 Å². The third-order valence-corrected chi connectivity index (χ3v) is 5.70. The molecule has 2 aromatic rings. The molecule has 5 heteroatoms. The lowest BCUT2D eigenvalue weighted by atomic mass is 10.1. The average molecular weight is 358 g/mol. The number of benzene rings is 1.